The predicted molar refractivity (Wildman–Crippen MR) is 75.8 cm³/mol. The number of hydrogen-bond acceptors (Lipinski definition) is 2. The molecule has 3 rings (SSSR count). The Morgan fingerprint density at radius 3 is 2.53 bits per heavy atom. The Hall–Kier alpha value is -0.860. The molecule has 4 atom stereocenters. The number of benzene rings is 1. The predicted octanol–water partition coefficient (Wildman–Crippen LogP) is 3.70. The highest BCUT2D eigenvalue weighted by Crippen LogP contribution is 2.54. The smallest absolute Gasteiger partial charge is 0.0887 e. The van der Waals surface area contributed by atoms with Crippen LogP contribution in [0.2, 0.25) is 0 Å². The van der Waals surface area contributed by atoms with Gasteiger partial charge in [-0.05, 0) is 51.5 Å². The molecule has 1 saturated carbocycles. The maximum absolute atomic E-state index is 10.7. The first kappa shape index (κ1) is 13.1. The van der Waals surface area contributed by atoms with Gasteiger partial charge in [-0.15, -0.1) is 0 Å². The molecule has 0 unspecified atom stereocenters. The number of rotatable bonds is 1. The second-order valence-corrected chi connectivity index (χ2v) is 6.99. The Balaban J connectivity index is 1.98. The quantitative estimate of drug-likeness (QED) is 0.834. The molecule has 1 aliphatic carbocycles. The van der Waals surface area contributed by atoms with E-state index in [1.807, 2.05) is 13.0 Å². The van der Waals surface area contributed by atoms with Gasteiger partial charge in [-0.2, -0.15) is 0 Å². The lowest BCUT2D eigenvalue weighted by Gasteiger charge is -2.55. The van der Waals surface area contributed by atoms with Gasteiger partial charge < -0.3 is 9.84 Å². The lowest BCUT2D eigenvalue weighted by atomic mass is 9.62. The molecule has 0 radical (unpaired) electrons. The van der Waals surface area contributed by atoms with E-state index < -0.39 is 5.60 Å². The molecule has 2 bridgehead atoms. The fraction of sp³-hybridized carbons (Fsp3) is 0.647. The van der Waals surface area contributed by atoms with Gasteiger partial charge in [-0.3, -0.25) is 0 Å². The average molecular weight is 260 g/mol. The summed E-state index contributed by atoms with van der Waals surface area (Å²) in [7, 11) is 0. The maximum Gasteiger partial charge on any atom is 0.0887 e. The lowest BCUT2D eigenvalue weighted by molar-refractivity contribution is -0.232. The summed E-state index contributed by atoms with van der Waals surface area (Å²) in [4.78, 5) is 0. The highest BCUT2D eigenvalue weighted by Gasteiger charge is 2.52. The number of hydrogen-bond donors (Lipinski definition) is 1. The van der Waals surface area contributed by atoms with Gasteiger partial charge in [0.05, 0.1) is 17.3 Å². The average Bonchev–Trinajstić information content (AvgIpc) is 2.36. The molecule has 0 amide bonds. The van der Waals surface area contributed by atoms with Crippen molar-refractivity contribution in [3.05, 3.63) is 35.9 Å². The molecule has 104 valence electrons. The van der Waals surface area contributed by atoms with Crippen molar-refractivity contribution in [2.45, 2.75) is 57.3 Å². The van der Waals surface area contributed by atoms with Gasteiger partial charge >= 0.3 is 0 Å². The number of ether oxygens (including phenoxy) is 1. The van der Waals surface area contributed by atoms with Crippen molar-refractivity contribution in [2.24, 2.45) is 11.8 Å². The zero-order valence-corrected chi connectivity index (χ0v) is 12.1. The Labute approximate surface area is 115 Å². The number of aliphatic hydroxyl groups is 1. The lowest BCUT2D eigenvalue weighted by Crippen LogP contribution is -2.54. The van der Waals surface area contributed by atoms with E-state index in [9.17, 15) is 5.11 Å². The van der Waals surface area contributed by atoms with Crippen molar-refractivity contribution < 1.29 is 9.84 Å². The van der Waals surface area contributed by atoms with Crippen LogP contribution in [-0.2, 0) is 4.74 Å². The first-order valence-electron chi connectivity index (χ1n) is 7.35. The zero-order chi connectivity index (χ0) is 13.7. The van der Waals surface area contributed by atoms with E-state index in [2.05, 4.69) is 38.1 Å². The molecule has 2 aliphatic rings. The second-order valence-electron chi connectivity index (χ2n) is 6.99. The van der Waals surface area contributed by atoms with Gasteiger partial charge in [-0.1, -0.05) is 30.3 Å². The van der Waals surface area contributed by atoms with Gasteiger partial charge in [0, 0.05) is 5.92 Å². The van der Waals surface area contributed by atoms with Gasteiger partial charge in [0.2, 0.25) is 0 Å². The third kappa shape index (κ3) is 2.21. The van der Waals surface area contributed by atoms with E-state index in [1.165, 1.54) is 5.56 Å². The van der Waals surface area contributed by atoms with Crippen LogP contribution in [0.5, 0.6) is 0 Å². The first-order chi connectivity index (χ1) is 8.90. The Morgan fingerprint density at radius 2 is 1.84 bits per heavy atom. The summed E-state index contributed by atoms with van der Waals surface area (Å²) in [6.07, 6.45) is 3.04. The van der Waals surface area contributed by atoms with Crippen molar-refractivity contribution in [1.82, 2.24) is 0 Å². The van der Waals surface area contributed by atoms with Crippen LogP contribution in [0.25, 0.3) is 0 Å². The normalized spacial score (nSPS) is 40.9. The monoisotopic (exact) mass is 260 g/mol. The van der Waals surface area contributed by atoms with Crippen molar-refractivity contribution in [1.29, 1.82) is 0 Å². The fourth-order valence-electron chi connectivity index (χ4n) is 3.86. The van der Waals surface area contributed by atoms with E-state index >= 15 is 0 Å². The highest BCUT2D eigenvalue weighted by molar-refractivity contribution is 5.21. The van der Waals surface area contributed by atoms with Crippen molar-refractivity contribution in [2.75, 3.05) is 0 Å². The molecule has 1 aromatic rings. The van der Waals surface area contributed by atoms with E-state index in [0.717, 1.165) is 19.3 Å². The Morgan fingerprint density at radius 1 is 1.16 bits per heavy atom. The standard InChI is InChI=1S/C17H24O2/c1-16(2)13-9-10-17(3,18)14(11-13)15(19-16)12-7-5-4-6-8-12/h4-8,13-15,18H,9-11H2,1-3H3/t13-,14+,15+,17+/m0/s1. The summed E-state index contributed by atoms with van der Waals surface area (Å²) >= 11 is 0. The molecule has 19 heavy (non-hydrogen) atoms. The second kappa shape index (κ2) is 4.32. The minimum atomic E-state index is -0.604. The van der Waals surface area contributed by atoms with Gasteiger partial charge in [0.25, 0.3) is 0 Å². The van der Waals surface area contributed by atoms with Crippen LogP contribution in [0.1, 0.15) is 51.7 Å². The van der Waals surface area contributed by atoms with Gasteiger partial charge in [0.15, 0.2) is 0 Å². The van der Waals surface area contributed by atoms with Gasteiger partial charge in [-0.25, -0.2) is 0 Å². The largest absolute Gasteiger partial charge is 0.390 e. The fourth-order valence-corrected chi connectivity index (χ4v) is 3.86. The molecule has 0 aromatic heterocycles. The summed E-state index contributed by atoms with van der Waals surface area (Å²) in [5.74, 6) is 0.777. The topological polar surface area (TPSA) is 29.5 Å². The molecule has 0 spiro atoms. The highest BCUT2D eigenvalue weighted by atomic mass is 16.5. The molecule has 1 N–H and O–H groups in total. The summed E-state index contributed by atoms with van der Waals surface area (Å²) in [5.41, 5.74) is 0.502. The molecule has 2 fully saturated rings. The van der Waals surface area contributed by atoms with E-state index in [0.29, 0.717) is 5.92 Å². The first-order valence-corrected chi connectivity index (χ1v) is 7.35. The van der Waals surface area contributed by atoms with Crippen LogP contribution in [0, 0.1) is 11.8 Å². The summed E-state index contributed by atoms with van der Waals surface area (Å²) in [6, 6.07) is 10.4. The van der Waals surface area contributed by atoms with E-state index in [1.54, 1.807) is 0 Å². The van der Waals surface area contributed by atoms with Crippen molar-refractivity contribution in [3.8, 4) is 0 Å². The third-order valence-electron chi connectivity index (χ3n) is 5.24. The molecule has 2 heteroatoms. The summed E-state index contributed by atoms with van der Waals surface area (Å²) < 4.78 is 6.40. The Kier molecular flexibility index (Phi) is 2.99. The minimum absolute atomic E-state index is 0.0164. The van der Waals surface area contributed by atoms with E-state index in [-0.39, 0.29) is 17.6 Å². The molecular formula is C17H24O2. The molecule has 1 aromatic carbocycles. The van der Waals surface area contributed by atoms with Crippen LogP contribution in [-0.4, -0.2) is 16.3 Å². The molecule has 2 nitrogen and oxygen atoms in total. The Bertz CT molecular complexity index is 448. The van der Waals surface area contributed by atoms with Crippen molar-refractivity contribution >= 4 is 0 Å². The minimum Gasteiger partial charge on any atom is -0.390 e. The van der Waals surface area contributed by atoms with Crippen LogP contribution < -0.4 is 0 Å². The molecular weight excluding hydrogens is 236 g/mol. The maximum atomic E-state index is 10.7. The van der Waals surface area contributed by atoms with Crippen molar-refractivity contribution in [3.63, 3.8) is 0 Å². The molecule has 1 heterocycles. The van der Waals surface area contributed by atoms with Crippen LogP contribution in [0.4, 0.5) is 0 Å². The molecule has 1 aliphatic heterocycles. The zero-order valence-electron chi connectivity index (χ0n) is 12.1. The van der Waals surface area contributed by atoms with E-state index in [4.69, 9.17) is 4.74 Å². The summed E-state index contributed by atoms with van der Waals surface area (Å²) in [5, 5.41) is 10.7. The van der Waals surface area contributed by atoms with Crippen LogP contribution >= 0.6 is 0 Å². The number of fused-ring (bicyclic) bond motifs is 2. The molecule has 1 saturated heterocycles. The van der Waals surface area contributed by atoms with Crippen LogP contribution in [0.3, 0.4) is 0 Å². The van der Waals surface area contributed by atoms with Crippen LogP contribution in [0.15, 0.2) is 30.3 Å². The SMILES string of the molecule is CC1(C)O[C@H](c2ccccc2)[C@H]2C[C@@H]1CC[C@@]2(C)O. The third-order valence-corrected chi connectivity index (χ3v) is 5.24. The summed E-state index contributed by atoms with van der Waals surface area (Å²) in [6.45, 7) is 6.37. The van der Waals surface area contributed by atoms with Gasteiger partial charge in [0.1, 0.15) is 0 Å².